The minimum atomic E-state index is -0.456. The average Bonchev–Trinajstić information content (AvgIpc) is 3.46. The van der Waals surface area contributed by atoms with Crippen LogP contribution in [0.4, 0.5) is 10.5 Å². The topological polar surface area (TPSA) is 129 Å². The lowest BCUT2D eigenvalue weighted by Gasteiger charge is -2.37. The van der Waals surface area contributed by atoms with E-state index in [1.54, 1.807) is 24.3 Å². The normalized spacial score (nSPS) is 18.4. The Balaban J connectivity index is 1.02. The second-order valence-electron chi connectivity index (χ2n) is 10.5. The molecule has 1 atom stereocenters. The van der Waals surface area contributed by atoms with Crippen LogP contribution in [-0.4, -0.2) is 70.6 Å². The molecule has 3 aromatic heterocycles. The van der Waals surface area contributed by atoms with Crippen LogP contribution < -0.4 is 20.7 Å². The smallest absolute Gasteiger partial charge is 0.317 e. The van der Waals surface area contributed by atoms with Crippen LogP contribution in [0.25, 0.3) is 21.9 Å². The predicted molar refractivity (Wildman–Crippen MR) is 150 cm³/mol. The Morgan fingerprint density at radius 3 is 2.67 bits per heavy atom. The first-order valence-corrected chi connectivity index (χ1v) is 13.6. The maximum atomic E-state index is 13.1. The Morgan fingerprint density at radius 2 is 1.87 bits per heavy atom. The molecule has 4 aromatic rings. The first kappa shape index (κ1) is 25.0. The zero-order valence-electron chi connectivity index (χ0n) is 21.8. The van der Waals surface area contributed by atoms with Crippen molar-refractivity contribution in [1.29, 1.82) is 0 Å². The number of nitrogens with two attached hydrogens (primary N) is 1. The number of fused-ring (bicyclic) bond motifs is 3. The number of carbonyl (C=O) groups is 2. The van der Waals surface area contributed by atoms with Gasteiger partial charge in [-0.25, -0.2) is 9.78 Å². The number of rotatable bonds is 6. The Hall–Kier alpha value is -4.34. The molecule has 202 valence electrons. The summed E-state index contributed by atoms with van der Waals surface area (Å²) in [6.07, 6.45) is 9.33. The Labute approximate surface area is 226 Å². The van der Waals surface area contributed by atoms with Crippen molar-refractivity contribution < 1.29 is 14.3 Å². The number of aromatic nitrogens is 3. The molecule has 3 amide bonds. The molecule has 10 heteroatoms. The highest BCUT2D eigenvalue weighted by Crippen LogP contribution is 2.32. The van der Waals surface area contributed by atoms with E-state index in [1.165, 1.54) is 5.69 Å². The van der Waals surface area contributed by atoms with Crippen molar-refractivity contribution in [2.45, 2.75) is 31.7 Å². The third-order valence-corrected chi connectivity index (χ3v) is 7.86. The molecule has 0 bridgehead atoms. The monoisotopic (exact) mass is 527 g/mol. The number of primary amides is 1. The van der Waals surface area contributed by atoms with Crippen molar-refractivity contribution in [1.82, 2.24) is 25.2 Å². The number of likely N-dealkylation sites (tertiary alicyclic amines) is 1. The number of H-pyrrole nitrogens is 1. The summed E-state index contributed by atoms with van der Waals surface area (Å²) < 4.78 is 5.94. The van der Waals surface area contributed by atoms with E-state index in [1.807, 2.05) is 23.5 Å². The molecule has 1 aromatic carbocycles. The van der Waals surface area contributed by atoms with Crippen molar-refractivity contribution in [2.24, 2.45) is 11.7 Å². The van der Waals surface area contributed by atoms with Gasteiger partial charge in [-0.05, 0) is 62.1 Å². The molecule has 2 fully saturated rings. The van der Waals surface area contributed by atoms with E-state index in [4.69, 9.17) is 10.5 Å². The van der Waals surface area contributed by atoms with Crippen LogP contribution in [0.15, 0.2) is 55.0 Å². The number of nitrogens with one attached hydrogen (secondary N) is 2. The number of pyridine rings is 2. The number of carbonyl (C=O) groups excluding carboxylic acids is 2. The second-order valence-corrected chi connectivity index (χ2v) is 10.5. The quantitative estimate of drug-likeness (QED) is 0.351. The standard InChI is InChI=1S/C29H33N7O3/c30-27(37)20-3-5-22(6-4-20)39-18-19-2-1-13-36(17-19)29(38)34-21-9-14-35(15-10-21)25-8-12-31-24-16-33-28-23(26(24)25)7-11-32-28/h3-8,11-12,16,19,21H,1-2,9-10,13-15,17-18H2,(H2,30,37)(H,32,33)(H,34,38). The van der Waals surface area contributed by atoms with E-state index in [-0.39, 0.29) is 18.0 Å². The van der Waals surface area contributed by atoms with E-state index in [0.717, 1.165) is 67.3 Å². The molecule has 0 radical (unpaired) electrons. The van der Waals surface area contributed by atoms with E-state index >= 15 is 0 Å². The molecule has 10 nitrogen and oxygen atoms in total. The number of aromatic amines is 1. The van der Waals surface area contributed by atoms with Crippen LogP contribution in [0.5, 0.6) is 5.75 Å². The molecular weight excluding hydrogens is 494 g/mol. The lowest BCUT2D eigenvalue weighted by molar-refractivity contribution is 0.1000. The van der Waals surface area contributed by atoms with Crippen molar-refractivity contribution in [3.8, 4) is 5.75 Å². The fourth-order valence-electron chi connectivity index (χ4n) is 5.75. The Bertz CT molecular complexity index is 1480. The minimum absolute atomic E-state index is 0.0124. The highest BCUT2D eigenvalue weighted by atomic mass is 16.5. The Morgan fingerprint density at radius 1 is 1.05 bits per heavy atom. The fourth-order valence-corrected chi connectivity index (χ4v) is 5.75. The SMILES string of the molecule is NC(=O)c1ccc(OCC2CCCN(C(=O)NC3CCN(c4ccnc5cnc6[nH]ccc6c45)CC3)C2)cc1. The van der Waals surface area contributed by atoms with E-state index < -0.39 is 5.91 Å². The second kappa shape index (κ2) is 10.8. The van der Waals surface area contributed by atoms with E-state index in [2.05, 4.69) is 37.3 Å². The Kier molecular flexibility index (Phi) is 6.91. The summed E-state index contributed by atoms with van der Waals surface area (Å²) in [6, 6.07) is 11.1. The van der Waals surface area contributed by atoms with Gasteiger partial charge in [0.1, 0.15) is 11.4 Å². The summed E-state index contributed by atoms with van der Waals surface area (Å²) in [4.78, 5) is 40.9. The van der Waals surface area contributed by atoms with Gasteiger partial charge < -0.3 is 30.6 Å². The van der Waals surface area contributed by atoms with Gasteiger partial charge in [-0.15, -0.1) is 0 Å². The van der Waals surface area contributed by atoms with Crippen LogP contribution >= 0.6 is 0 Å². The molecule has 2 saturated heterocycles. The van der Waals surface area contributed by atoms with Crippen LogP contribution in [0.2, 0.25) is 0 Å². The molecule has 0 aliphatic carbocycles. The summed E-state index contributed by atoms with van der Waals surface area (Å²) in [5.41, 5.74) is 8.68. The van der Waals surface area contributed by atoms with Gasteiger partial charge >= 0.3 is 6.03 Å². The molecule has 0 saturated carbocycles. The first-order valence-electron chi connectivity index (χ1n) is 13.6. The lowest BCUT2D eigenvalue weighted by atomic mass is 9.99. The number of nitrogens with zero attached hydrogens (tertiary/aromatic N) is 4. The van der Waals surface area contributed by atoms with Gasteiger partial charge in [-0.1, -0.05) is 0 Å². The van der Waals surface area contributed by atoms with Gasteiger partial charge in [0.25, 0.3) is 0 Å². The van der Waals surface area contributed by atoms with Crippen LogP contribution in [-0.2, 0) is 0 Å². The van der Waals surface area contributed by atoms with Gasteiger partial charge in [0, 0.05) is 72.6 Å². The summed E-state index contributed by atoms with van der Waals surface area (Å²) in [5.74, 6) is 0.508. The summed E-state index contributed by atoms with van der Waals surface area (Å²) >= 11 is 0. The number of amides is 3. The summed E-state index contributed by atoms with van der Waals surface area (Å²) in [5, 5.41) is 5.49. The molecule has 1 unspecified atom stereocenters. The number of urea groups is 1. The van der Waals surface area contributed by atoms with Gasteiger partial charge in [0.05, 0.1) is 18.3 Å². The largest absolute Gasteiger partial charge is 0.493 e. The van der Waals surface area contributed by atoms with Crippen molar-refractivity contribution >= 4 is 39.6 Å². The number of hydrogen-bond acceptors (Lipinski definition) is 6. The molecule has 39 heavy (non-hydrogen) atoms. The lowest BCUT2D eigenvalue weighted by Crippen LogP contribution is -2.52. The third-order valence-electron chi connectivity index (χ3n) is 7.86. The highest BCUT2D eigenvalue weighted by molar-refractivity contribution is 6.10. The molecule has 2 aliphatic heterocycles. The molecular formula is C29H33N7O3. The summed E-state index contributed by atoms with van der Waals surface area (Å²) in [6.45, 7) is 3.69. The van der Waals surface area contributed by atoms with Crippen molar-refractivity contribution in [3.05, 3.63) is 60.6 Å². The minimum Gasteiger partial charge on any atom is -0.493 e. The molecule has 0 spiro atoms. The fraction of sp³-hybridized carbons (Fsp3) is 0.379. The van der Waals surface area contributed by atoms with Gasteiger partial charge in [-0.2, -0.15) is 0 Å². The number of benzene rings is 1. The van der Waals surface area contributed by atoms with Crippen molar-refractivity contribution in [3.63, 3.8) is 0 Å². The molecule has 5 heterocycles. The van der Waals surface area contributed by atoms with E-state index in [0.29, 0.717) is 24.5 Å². The molecule has 6 rings (SSSR count). The maximum Gasteiger partial charge on any atom is 0.317 e. The van der Waals surface area contributed by atoms with Crippen LogP contribution in [0.1, 0.15) is 36.0 Å². The number of hydrogen-bond donors (Lipinski definition) is 3. The molecule has 2 aliphatic rings. The average molecular weight is 528 g/mol. The predicted octanol–water partition coefficient (Wildman–Crippen LogP) is 3.68. The summed E-state index contributed by atoms with van der Waals surface area (Å²) in [7, 11) is 0. The maximum absolute atomic E-state index is 13.1. The van der Waals surface area contributed by atoms with E-state index in [9.17, 15) is 9.59 Å². The zero-order chi connectivity index (χ0) is 26.8. The highest BCUT2D eigenvalue weighted by Gasteiger charge is 2.28. The zero-order valence-corrected chi connectivity index (χ0v) is 21.8. The van der Waals surface area contributed by atoms with Crippen molar-refractivity contribution in [2.75, 3.05) is 37.7 Å². The van der Waals surface area contributed by atoms with Gasteiger partial charge in [0.15, 0.2) is 0 Å². The van der Waals surface area contributed by atoms with Gasteiger partial charge in [-0.3, -0.25) is 9.78 Å². The van der Waals surface area contributed by atoms with Crippen LogP contribution in [0, 0.1) is 5.92 Å². The number of piperidine rings is 2. The number of ether oxygens (including phenoxy) is 1. The number of anilines is 1. The van der Waals surface area contributed by atoms with Gasteiger partial charge in [0.2, 0.25) is 5.91 Å². The molecule has 4 N–H and O–H groups in total. The first-order chi connectivity index (χ1) is 19.0. The third kappa shape index (κ3) is 5.32. The van der Waals surface area contributed by atoms with Crippen LogP contribution in [0.3, 0.4) is 0 Å².